The molecule has 2 N–H and O–H groups in total. The maximum Gasteiger partial charge on any atom is 0.334 e. The molecule has 6 amide bonds. The molecule has 0 radical (unpaired) electrons. The lowest BCUT2D eigenvalue weighted by Gasteiger charge is -2.32. The molecule has 4 aliphatic rings. The Morgan fingerprint density at radius 2 is 0.854 bits per heavy atom. The Kier molecular flexibility index (Phi) is 31.4. The minimum absolute atomic E-state index is 0.00724. The lowest BCUT2D eigenvalue weighted by Crippen LogP contribution is -2.40. The van der Waals surface area contributed by atoms with Crippen molar-refractivity contribution in [3.63, 3.8) is 0 Å². The summed E-state index contributed by atoms with van der Waals surface area (Å²) in [4.78, 5) is 101. The summed E-state index contributed by atoms with van der Waals surface area (Å²) < 4.78 is 10.1. The van der Waals surface area contributed by atoms with Gasteiger partial charge in [-0.2, -0.15) is 0 Å². The van der Waals surface area contributed by atoms with Crippen molar-refractivity contribution in [1.29, 1.82) is 0 Å². The molecule has 8 unspecified atom stereocenters. The normalized spacial score (nSPS) is 20.4. The Morgan fingerprint density at radius 1 is 0.549 bits per heavy atom. The van der Waals surface area contributed by atoms with E-state index in [4.69, 9.17) is 9.47 Å². The third kappa shape index (κ3) is 22.4. The molecule has 8 atom stereocenters. The molecule has 0 bridgehead atoms. The number of ether oxygens (including phenoxy) is 2. The van der Waals surface area contributed by atoms with Crippen LogP contribution in [-0.4, -0.2) is 93.8 Å². The number of amides is 6. The lowest BCUT2D eigenvalue weighted by molar-refractivity contribution is -0.149. The first kappa shape index (κ1) is 73.7. The van der Waals surface area contributed by atoms with E-state index >= 15 is 0 Å². The number of rotatable bonds is 28. The van der Waals surface area contributed by atoms with E-state index in [9.17, 15) is 38.4 Å². The molecule has 0 saturated carbocycles. The smallest absolute Gasteiger partial charge is 0.334 e. The molecule has 0 aromatic heterocycles. The predicted molar refractivity (Wildman–Crippen MR) is 327 cm³/mol. The minimum Gasteiger partial charge on any atom is -0.440 e. The van der Waals surface area contributed by atoms with E-state index in [-0.39, 0.29) is 96.7 Å². The van der Waals surface area contributed by atoms with Crippen molar-refractivity contribution >= 4 is 47.4 Å². The molecule has 0 aromatic carbocycles. The average Bonchev–Trinajstić information content (AvgIpc) is 4.26. The second-order valence-corrected chi connectivity index (χ2v) is 24.6. The largest absolute Gasteiger partial charge is 0.440 e. The molecule has 82 heavy (non-hydrogen) atoms. The molecule has 4 aliphatic heterocycles. The van der Waals surface area contributed by atoms with Crippen molar-refractivity contribution in [2.24, 2.45) is 58.2 Å². The van der Waals surface area contributed by atoms with Gasteiger partial charge in [0.15, 0.2) is 13.5 Å². The summed E-state index contributed by atoms with van der Waals surface area (Å²) in [5, 5.41) is 5.27. The summed E-state index contributed by atoms with van der Waals surface area (Å²) in [6, 6.07) is 0. The van der Waals surface area contributed by atoms with Crippen LogP contribution in [0.2, 0.25) is 0 Å². The molecule has 4 heterocycles. The van der Waals surface area contributed by atoms with E-state index in [2.05, 4.69) is 146 Å². The molecule has 16 nitrogen and oxygen atoms in total. The van der Waals surface area contributed by atoms with Gasteiger partial charge in [0.2, 0.25) is 35.4 Å². The second kappa shape index (κ2) is 35.0. The van der Waals surface area contributed by atoms with Gasteiger partial charge in [-0.3, -0.25) is 48.4 Å². The number of carbonyl (C=O) groups excluding carboxylic acids is 8. The van der Waals surface area contributed by atoms with Crippen LogP contribution in [0.1, 0.15) is 187 Å². The van der Waals surface area contributed by atoms with E-state index in [1.165, 1.54) is 22.0 Å². The first-order valence-electron chi connectivity index (χ1n) is 29.6. The van der Waals surface area contributed by atoms with Crippen LogP contribution in [0, 0.1) is 58.2 Å². The number of esters is 2. The van der Waals surface area contributed by atoms with E-state index < -0.39 is 11.9 Å². The van der Waals surface area contributed by atoms with Gasteiger partial charge in [0.1, 0.15) is 0 Å². The zero-order chi connectivity index (χ0) is 63.0. The molecular formula is C66H106N6O10. The number of hydrogen-bond donors (Lipinski definition) is 2. The minimum atomic E-state index is -0.483. The first-order valence-corrected chi connectivity index (χ1v) is 29.6. The van der Waals surface area contributed by atoms with Crippen LogP contribution in [0.3, 0.4) is 0 Å². The molecule has 16 heteroatoms. The van der Waals surface area contributed by atoms with Gasteiger partial charge >= 0.3 is 11.9 Å². The zero-order valence-corrected chi connectivity index (χ0v) is 53.0. The molecule has 4 saturated heterocycles. The number of carbonyl (C=O) groups is 8. The topological polar surface area (TPSA) is 192 Å². The lowest BCUT2D eigenvalue weighted by atomic mass is 9.71. The summed E-state index contributed by atoms with van der Waals surface area (Å²) in [5.41, 5.74) is 3.53. The molecule has 460 valence electrons. The van der Waals surface area contributed by atoms with Gasteiger partial charge in [-0.25, -0.2) is 9.59 Å². The maximum absolute atomic E-state index is 12.7. The van der Waals surface area contributed by atoms with Crippen LogP contribution in [0.5, 0.6) is 0 Å². The third-order valence-electron chi connectivity index (χ3n) is 16.6. The number of likely N-dealkylation sites (tertiary alicyclic amines) is 4. The van der Waals surface area contributed by atoms with Gasteiger partial charge < -0.3 is 20.1 Å². The number of hydrogen-bond acceptors (Lipinski definition) is 10. The SMILES string of the molecule is C=C(C)C(=O)OCN1C(=C)CC(C(C)(C)CC(C)CC)C1=O.C=C(C)C(=O)OCN1C(=C)CC(C(C)CCCC)C1=O.C=CC(=O)NCN1C(=C)CC(C(C)(C)CC(C)CC)C1=O.C=CC(=O)NCN1C(=C)CC(C(C)CCCC)C1=O. The average molecular weight is 1140 g/mol. The highest BCUT2D eigenvalue weighted by Gasteiger charge is 2.46. The van der Waals surface area contributed by atoms with Gasteiger partial charge in [-0.1, -0.05) is 174 Å². The van der Waals surface area contributed by atoms with Gasteiger partial charge in [-0.15, -0.1) is 0 Å². The number of allylic oxidation sites excluding steroid dienone is 4. The van der Waals surface area contributed by atoms with E-state index in [0.29, 0.717) is 60.5 Å². The Hall–Kier alpha value is -6.32. The van der Waals surface area contributed by atoms with Crippen LogP contribution in [0.15, 0.2) is 98.7 Å². The molecule has 0 aromatic rings. The fraction of sp³-hybridized carbons (Fsp3) is 0.636. The van der Waals surface area contributed by atoms with Crippen LogP contribution in [0.4, 0.5) is 0 Å². The van der Waals surface area contributed by atoms with Crippen molar-refractivity contribution in [3.05, 3.63) is 98.7 Å². The Labute approximate surface area is 494 Å². The summed E-state index contributed by atoms with van der Waals surface area (Å²) in [6.45, 7) is 58.9. The summed E-state index contributed by atoms with van der Waals surface area (Å²) >= 11 is 0. The summed E-state index contributed by atoms with van der Waals surface area (Å²) in [7, 11) is 0. The fourth-order valence-electron chi connectivity index (χ4n) is 10.7. The quantitative estimate of drug-likeness (QED) is 0.0563. The Bertz CT molecular complexity index is 2350. The van der Waals surface area contributed by atoms with Crippen molar-refractivity contribution in [2.45, 2.75) is 187 Å². The van der Waals surface area contributed by atoms with Crippen LogP contribution >= 0.6 is 0 Å². The van der Waals surface area contributed by atoms with Crippen molar-refractivity contribution in [1.82, 2.24) is 30.2 Å². The van der Waals surface area contributed by atoms with Crippen LogP contribution in [0.25, 0.3) is 0 Å². The van der Waals surface area contributed by atoms with E-state index in [1.54, 1.807) is 23.6 Å². The monoisotopic (exact) mass is 1140 g/mol. The van der Waals surface area contributed by atoms with Gasteiger partial charge in [-0.05, 0) is 112 Å². The highest BCUT2D eigenvalue weighted by atomic mass is 16.5. The maximum atomic E-state index is 12.7. The summed E-state index contributed by atoms with van der Waals surface area (Å²) in [6.07, 6.45) is 15.9. The molecule has 4 fully saturated rings. The van der Waals surface area contributed by atoms with Crippen molar-refractivity contribution < 1.29 is 47.8 Å². The van der Waals surface area contributed by atoms with Gasteiger partial charge in [0.25, 0.3) is 0 Å². The standard InChI is InChI=1S/C18H29NO3.C17H28N2O2.C16H25NO3.C15H24N2O2/c1-8-13(4)10-18(6,7)15-9-14(5)19(16(15)20)11-22-17(21)12(2)3;1-7-12(3)10-17(5,6)14-9-13(4)19(16(14)21)11-18-15(20)8-2;1-6-7-8-12(4)14-9-13(5)17(15(14)18)10-20-16(19)11(2)3;1-5-7-8-11(3)13-9-12(4)17(15(13)19)10-16-14(18)6-2/h13,15H,2,5,8-11H2,1,3-4,6-7H3;8,12,14H,2,4,7,9-11H2,1,3,5-6H3,(H,18,20);12,14H,2,5-10H2,1,3-4H3;6,11,13H,2,4-5,7-10H2,1,3H3,(H,16,18). The predicted octanol–water partition coefficient (Wildman–Crippen LogP) is 12.6. The molecular weight excluding hydrogens is 1040 g/mol. The van der Waals surface area contributed by atoms with E-state index in [0.717, 1.165) is 87.0 Å². The Balaban J connectivity index is 0.000000547. The number of nitrogens with one attached hydrogen (secondary N) is 2. The molecule has 4 rings (SSSR count). The Morgan fingerprint density at radius 3 is 1.20 bits per heavy atom. The van der Waals surface area contributed by atoms with Gasteiger partial charge in [0, 0.05) is 57.6 Å². The van der Waals surface area contributed by atoms with Crippen LogP contribution < -0.4 is 10.6 Å². The highest BCUT2D eigenvalue weighted by Crippen LogP contribution is 2.45. The number of nitrogens with zero attached hydrogens (tertiary/aromatic N) is 4. The molecule has 0 spiro atoms. The van der Waals surface area contributed by atoms with E-state index in [1.807, 2.05) is 0 Å². The third-order valence-corrected chi connectivity index (χ3v) is 16.6. The second-order valence-electron chi connectivity index (χ2n) is 24.6. The fourth-order valence-corrected chi connectivity index (χ4v) is 10.7. The zero-order valence-electron chi connectivity index (χ0n) is 53.0. The number of unbranched alkanes of at least 4 members (excludes halogenated alkanes) is 2. The summed E-state index contributed by atoms with van der Waals surface area (Å²) in [5.74, 6) is 0.357. The first-order chi connectivity index (χ1) is 38.2. The van der Waals surface area contributed by atoms with Crippen molar-refractivity contribution in [3.8, 4) is 0 Å². The van der Waals surface area contributed by atoms with Crippen LogP contribution in [-0.2, 0) is 47.8 Å². The highest BCUT2D eigenvalue weighted by molar-refractivity contribution is 5.90. The van der Waals surface area contributed by atoms with Crippen molar-refractivity contribution in [2.75, 3.05) is 26.8 Å². The molecule has 0 aliphatic carbocycles. The van der Waals surface area contributed by atoms with Gasteiger partial charge in [0.05, 0.1) is 13.3 Å².